The van der Waals surface area contributed by atoms with Crippen molar-refractivity contribution >= 4 is 12.0 Å². The van der Waals surface area contributed by atoms with Gasteiger partial charge in [-0.05, 0) is 24.9 Å². The minimum atomic E-state index is -0.160. The average Bonchev–Trinajstić information content (AvgIpc) is 2.40. The van der Waals surface area contributed by atoms with Crippen LogP contribution in [0.25, 0.3) is 6.08 Å². The van der Waals surface area contributed by atoms with E-state index in [0.29, 0.717) is 0 Å². The molecule has 0 aromatic heterocycles. The lowest BCUT2D eigenvalue weighted by molar-refractivity contribution is -0.123. The van der Waals surface area contributed by atoms with Gasteiger partial charge in [-0.3, -0.25) is 9.69 Å². The van der Waals surface area contributed by atoms with Crippen molar-refractivity contribution in [1.29, 1.82) is 0 Å². The maximum atomic E-state index is 11.2. The molecule has 1 heterocycles. The summed E-state index contributed by atoms with van der Waals surface area (Å²) in [5.74, 6) is -0.129. The first-order chi connectivity index (χ1) is 8.75. The minimum absolute atomic E-state index is 0.0314. The average molecular weight is 244 g/mol. The van der Waals surface area contributed by atoms with Crippen molar-refractivity contribution in [1.82, 2.24) is 4.90 Å². The van der Waals surface area contributed by atoms with Crippen molar-refractivity contribution in [2.45, 2.75) is 12.8 Å². The van der Waals surface area contributed by atoms with Crippen LogP contribution in [-0.4, -0.2) is 30.4 Å². The molecule has 1 saturated heterocycles. The van der Waals surface area contributed by atoms with Gasteiger partial charge < -0.3 is 5.73 Å². The molecule has 3 nitrogen and oxygen atoms in total. The Morgan fingerprint density at radius 2 is 2.17 bits per heavy atom. The summed E-state index contributed by atoms with van der Waals surface area (Å²) in [6, 6.07) is 10.2. The highest BCUT2D eigenvalue weighted by Gasteiger charge is 2.22. The van der Waals surface area contributed by atoms with Gasteiger partial charge in [0.15, 0.2) is 0 Å². The molecule has 96 valence electrons. The van der Waals surface area contributed by atoms with Gasteiger partial charge in [-0.2, -0.15) is 0 Å². The molecule has 2 N–H and O–H groups in total. The van der Waals surface area contributed by atoms with E-state index in [1.54, 1.807) is 0 Å². The SMILES string of the molecule is NC(=O)C1CCCN(C/C=C/c2ccccc2)C1. The van der Waals surface area contributed by atoms with Crippen molar-refractivity contribution in [3.8, 4) is 0 Å². The molecule has 0 spiro atoms. The summed E-state index contributed by atoms with van der Waals surface area (Å²) < 4.78 is 0. The first-order valence-corrected chi connectivity index (χ1v) is 6.49. The number of benzene rings is 1. The van der Waals surface area contributed by atoms with E-state index in [4.69, 9.17) is 5.73 Å². The largest absolute Gasteiger partial charge is 0.369 e. The second-order valence-electron chi connectivity index (χ2n) is 4.81. The van der Waals surface area contributed by atoms with Crippen molar-refractivity contribution in [3.63, 3.8) is 0 Å². The molecule has 1 fully saturated rings. The van der Waals surface area contributed by atoms with Crippen molar-refractivity contribution in [2.24, 2.45) is 11.7 Å². The van der Waals surface area contributed by atoms with Gasteiger partial charge in [0.1, 0.15) is 0 Å². The lowest BCUT2D eigenvalue weighted by atomic mass is 9.97. The molecule has 1 atom stereocenters. The number of nitrogens with two attached hydrogens (primary N) is 1. The molecule has 18 heavy (non-hydrogen) atoms. The third-order valence-electron chi connectivity index (χ3n) is 3.38. The quantitative estimate of drug-likeness (QED) is 0.879. The summed E-state index contributed by atoms with van der Waals surface area (Å²) >= 11 is 0. The van der Waals surface area contributed by atoms with Crippen molar-refractivity contribution < 1.29 is 4.79 Å². The maximum absolute atomic E-state index is 11.2. The summed E-state index contributed by atoms with van der Waals surface area (Å²) in [5.41, 5.74) is 6.57. The van der Waals surface area contributed by atoms with Crippen LogP contribution in [0.1, 0.15) is 18.4 Å². The topological polar surface area (TPSA) is 46.3 Å². The monoisotopic (exact) mass is 244 g/mol. The zero-order valence-electron chi connectivity index (χ0n) is 10.6. The summed E-state index contributed by atoms with van der Waals surface area (Å²) in [6.07, 6.45) is 6.27. The molecule has 1 aliphatic rings. The van der Waals surface area contributed by atoms with Gasteiger partial charge in [0.2, 0.25) is 5.91 Å². The molecular formula is C15H20N2O. The molecule has 1 aliphatic heterocycles. The fourth-order valence-corrected chi connectivity index (χ4v) is 2.36. The first kappa shape index (κ1) is 12.8. The molecule has 0 saturated carbocycles. The van der Waals surface area contributed by atoms with Crippen LogP contribution < -0.4 is 5.73 Å². The van der Waals surface area contributed by atoms with Gasteiger partial charge >= 0.3 is 0 Å². The second-order valence-corrected chi connectivity index (χ2v) is 4.81. The van der Waals surface area contributed by atoms with E-state index < -0.39 is 0 Å². The molecular weight excluding hydrogens is 224 g/mol. The Labute approximate surface area is 108 Å². The van der Waals surface area contributed by atoms with Crippen LogP contribution in [0.4, 0.5) is 0 Å². The Balaban J connectivity index is 1.83. The molecule has 0 bridgehead atoms. The van der Waals surface area contributed by atoms with Crippen LogP contribution in [0.5, 0.6) is 0 Å². The van der Waals surface area contributed by atoms with Crippen LogP contribution >= 0.6 is 0 Å². The Kier molecular flexibility index (Phi) is 4.53. The van der Waals surface area contributed by atoms with Gasteiger partial charge in [0, 0.05) is 13.1 Å². The van der Waals surface area contributed by atoms with Crippen LogP contribution in [0.3, 0.4) is 0 Å². The normalized spacial score (nSPS) is 21.2. The Hall–Kier alpha value is -1.61. The van der Waals surface area contributed by atoms with E-state index in [0.717, 1.165) is 32.5 Å². The zero-order valence-corrected chi connectivity index (χ0v) is 10.6. The first-order valence-electron chi connectivity index (χ1n) is 6.49. The van der Waals surface area contributed by atoms with E-state index >= 15 is 0 Å². The summed E-state index contributed by atoms with van der Waals surface area (Å²) in [7, 11) is 0. The molecule has 2 rings (SSSR count). The highest BCUT2D eigenvalue weighted by Crippen LogP contribution is 2.15. The van der Waals surface area contributed by atoms with E-state index in [1.807, 2.05) is 18.2 Å². The number of hydrogen-bond donors (Lipinski definition) is 1. The lowest BCUT2D eigenvalue weighted by Gasteiger charge is -2.30. The number of hydrogen-bond acceptors (Lipinski definition) is 2. The second kappa shape index (κ2) is 6.36. The maximum Gasteiger partial charge on any atom is 0.221 e. The molecule has 1 aromatic carbocycles. The van der Waals surface area contributed by atoms with Gasteiger partial charge in [-0.25, -0.2) is 0 Å². The number of amides is 1. The number of likely N-dealkylation sites (tertiary alicyclic amines) is 1. The Morgan fingerprint density at radius 3 is 2.89 bits per heavy atom. The van der Waals surface area contributed by atoms with Crippen molar-refractivity contribution in [3.05, 3.63) is 42.0 Å². The fourth-order valence-electron chi connectivity index (χ4n) is 2.36. The highest BCUT2D eigenvalue weighted by atomic mass is 16.1. The summed E-state index contributed by atoms with van der Waals surface area (Å²) in [6.45, 7) is 2.75. The van der Waals surface area contributed by atoms with E-state index in [9.17, 15) is 4.79 Å². The van der Waals surface area contributed by atoms with E-state index in [2.05, 4.69) is 29.2 Å². The van der Waals surface area contributed by atoms with Gasteiger partial charge in [-0.15, -0.1) is 0 Å². The number of rotatable bonds is 4. The Morgan fingerprint density at radius 1 is 1.39 bits per heavy atom. The predicted molar refractivity (Wildman–Crippen MR) is 73.8 cm³/mol. The van der Waals surface area contributed by atoms with Gasteiger partial charge in [-0.1, -0.05) is 42.5 Å². The number of carbonyl (C=O) groups excluding carboxylic acids is 1. The minimum Gasteiger partial charge on any atom is -0.369 e. The summed E-state index contributed by atoms with van der Waals surface area (Å²) in [5, 5.41) is 0. The highest BCUT2D eigenvalue weighted by molar-refractivity contribution is 5.76. The molecule has 3 heteroatoms. The van der Waals surface area contributed by atoms with Crippen molar-refractivity contribution in [2.75, 3.05) is 19.6 Å². The number of piperidine rings is 1. The summed E-state index contributed by atoms with van der Waals surface area (Å²) in [4.78, 5) is 13.5. The third kappa shape index (κ3) is 3.70. The standard InChI is InChI=1S/C15H20N2O/c16-15(18)14-9-5-11-17(12-14)10-4-8-13-6-2-1-3-7-13/h1-4,6-8,14H,5,9-12H2,(H2,16,18)/b8-4+. The van der Waals surface area contributed by atoms with Crippen LogP contribution in [0.2, 0.25) is 0 Å². The van der Waals surface area contributed by atoms with E-state index in [-0.39, 0.29) is 11.8 Å². The molecule has 0 aliphatic carbocycles. The zero-order chi connectivity index (χ0) is 12.8. The Bertz CT molecular complexity index is 414. The molecule has 1 unspecified atom stereocenters. The lowest BCUT2D eigenvalue weighted by Crippen LogP contribution is -2.41. The van der Waals surface area contributed by atoms with Gasteiger partial charge in [0.05, 0.1) is 5.92 Å². The predicted octanol–water partition coefficient (Wildman–Crippen LogP) is 1.90. The fraction of sp³-hybridized carbons (Fsp3) is 0.400. The van der Waals surface area contributed by atoms with Crippen LogP contribution in [-0.2, 0) is 4.79 Å². The molecule has 1 aromatic rings. The number of primary amides is 1. The number of carbonyl (C=O) groups is 1. The van der Waals surface area contributed by atoms with Crippen LogP contribution in [0, 0.1) is 5.92 Å². The van der Waals surface area contributed by atoms with Gasteiger partial charge in [0.25, 0.3) is 0 Å². The smallest absolute Gasteiger partial charge is 0.221 e. The van der Waals surface area contributed by atoms with Crippen LogP contribution in [0.15, 0.2) is 36.4 Å². The third-order valence-corrected chi connectivity index (χ3v) is 3.38. The van der Waals surface area contributed by atoms with E-state index in [1.165, 1.54) is 5.56 Å². The molecule has 1 amide bonds. The molecule has 0 radical (unpaired) electrons. The number of nitrogens with zero attached hydrogens (tertiary/aromatic N) is 1.